The van der Waals surface area contributed by atoms with Crippen molar-refractivity contribution in [1.29, 1.82) is 0 Å². The summed E-state index contributed by atoms with van der Waals surface area (Å²) in [6, 6.07) is 19.8. The fourth-order valence-electron chi connectivity index (χ4n) is 2.71. The topological polar surface area (TPSA) is 12.0 Å². The molecular formula is C20H27N. The van der Waals surface area contributed by atoms with E-state index in [-0.39, 0.29) is 0 Å². The predicted molar refractivity (Wildman–Crippen MR) is 91.7 cm³/mol. The normalized spacial score (nSPS) is 11.6. The number of hydrogen-bond acceptors (Lipinski definition) is 1. The quantitative estimate of drug-likeness (QED) is 0.790. The molecule has 0 saturated carbocycles. The molecule has 0 bridgehead atoms. The zero-order valence-electron chi connectivity index (χ0n) is 13.5. The molecule has 2 aromatic carbocycles. The molecule has 0 atom stereocenters. The second-order valence-corrected chi connectivity index (χ2v) is 6.67. The molecule has 0 fully saturated rings. The first-order chi connectivity index (χ1) is 10.1. The Labute approximate surface area is 129 Å². The van der Waals surface area contributed by atoms with Crippen LogP contribution in [0.15, 0.2) is 54.6 Å². The predicted octanol–water partition coefficient (Wildman–Crippen LogP) is 4.46. The molecule has 0 unspecified atom stereocenters. The van der Waals surface area contributed by atoms with E-state index in [0.29, 0.717) is 5.41 Å². The number of hydrogen-bond donors (Lipinski definition) is 1. The first-order valence-electron chi connectivity index (χ1n) is 7.85. The molecule has 0 saturated heterocycles. The minimum Gasteiger partial charge on any atom is -0.319 e. The van der Waals surface area contributed by atoms with E-state index in [1.54, 1.807) is 0 Å². The van der Waals surface area contributed by atoms with Crippen molar-refractivity contribution in [1.82, 2.24) is 5.32 Å². The average molecular weight is 281 g/mol. The molecule has 0 heterocycles. The summed E-state index contributed by atoms with van der Waals surface area (Å²) in [5.41, 5.74) is 4.56. The SMILES string of the molecule is CNCC(C)(C)CCc1ccc(Cc2ccccc2)cc1. The zero-order chi connectivity index (χ0) is 15.1. The molecule has 2 aromatic rings. The van der Waals surface area contributed by atoms with Crippen molar-refractivity contribution in [2.24, 2.45) is 5.41 Å². The molecule has 0 aliphatic rings. The Kier molecular flexibility index (Phi) is 5.58. The molecule has 0 aliphatic carbocycles. The first-order valence-corrected chi connectivity index (χ1v) is 7.85. The highest BCUT2D eigenvalue weighted by molar-refractivity contribution is 5.28. The molecule has 112 valence electrons. The third-order valence-corrected chi connectivity index (χ3v) is 4.02. The van der Waals surface area contributed by atoms with Gasteiger partial charge in [0.15, 0.2) is 0 Å². The van der Waals surface area contributed by atoms with E-state index < -0.39 is 0 Å². The van der Waals surface area contributed by atoms with Gasteiger partial charge < -0.3 is 5.32 Å². The van der Waals surface area contributed by atoms with Gasteiger partial charge in [0.05, 0.1) is 0 Å². The van der Waals surface area contributed by atoms with E-state index in [9.17, 15) is 0 Å². The molecule has 21 heavy (non-hydrogen) atoms. The maximum Gasteiger partial charge on any atom is -0.0000373 e. The van der Waals surface area contributed by atoms with Gasteiger partial charge in [-0.1, -0.05) is 68.4 Å². The Balaban J connectivity index is 1.90. The second-order valence-electron chi connectivity index (χ2n) is 6.67. The van der Waals surface area contributed by atoms with Crippen LogP contribution in [0.3, 0.4) is 0 Å². The van der Waals surface area contributed by atoms with Crippen molar-refractivity contribution in [3.8, 4) is 0 Å². The fourth-order valence-corrected chi connectivity index (χ4v) is 2.71. The summed E-state index contributed by atoms with van der Waals surface area (Å²) >= 11 is 0. The third kappa shape index (κ3) is 5.35. The summed E-state index contributed by atoms with van der Waals surface area (Å²) in [6.45, 7) is 5.72. The van der Waals surface area contributed by atoms with Crippen molar-refractivity contribution >= 4 is 0 Å². The molecule has 0 aliphatic heterocycles. The van der Waals surface area contributed by atoms with Crippen LogP contribution in [0.1, 0.15) is 37.0 Å². The van der Waals surface area contributed by atoms with Crippen molar-refractivity contribution in [2.75, 3.05) is 13.6 Å². The smallest absolute Gasteiger partial charge is 0.0000373 e. The highest BCUT2D eigenvalue weighted by Crippen LogP contribution is 2.22. The summed E-state index contributed by atoms with van der Waals surface area (Å²) in [7, 11) is 2.03. The lowest BCUT2D eigenvalue weighted by atomic mass is 9.86. The maximum atomic E-state index is 3.28. The molecule has 1 nitrogen and oxygen atoms in total. The number of benzene rings is 2. The zero-order valence-corrected chi connectivity index (χ0v) is 13.5. The lowest BCUT2D eigenvalue weighted by Crippen LogP contribution is -2.27. The summed E-state index contributed by atoms with van der Waals surface area (Å²) < 4.78 is 0. The molecule has 0 spiro atoms. The van der Waals surface area contributed by atoms with E-state index >= 15 is 0 Å². The van der Waals surface area contributed by atoms with Gasteiger partial charge in [-0.25, -0.2) is 0 Å². The molecular weight excluding hydrogens is 254 g/mol. The van der Waals surface area contributed by atoms with Crippen molar-refractivity contribution < 1.29 is 0 Å². The Bertz CT molecular complexity index is 526. The van der Waals surface area contributed by atoms with Crippen molar-refractivity contribution in [3.63, 3.8) is 0 Å². The van der Waals surface area contributed by atoms with Gasteiger partial charge in [0, 0.05) is 0 Å². The summed E-state index contributed by atoms with van der Waals surface area (Å²) in [5.74, 6) is 0. The summed E-state index contributed by atoms with van der Waals surface area (Å²) in [5, 5.41) is 3.28. The Morgan fingerprint density at radius 1 is 0.810 bits per heavy atom. The van der Waals surface area contributed by atoms with E-state index in [1.165, 1.54) is 23.1 Å². The van der Waals surface area contributed by atoms with Crippen LogP contribution < -0.4 is 5.32 Å². The third-order valence-electron chi connectivity index (χ3n) is 4.02. The monoisotopic (exact) mass is 281 g/mol. The van der Waals surface area contributed by atoms with E-state index in [2.05, 4.69) is 73.8 Å². The molecule has 1 N–H and O–H groups in total. The second kappa shape index (κ2) is 7.42. The molecule has 0 amide bonds. The van der Waals surface area contributed by atoms with Gasteiger partial charge in [-0.3, -0.25) is 0 Å². The Morgan fingerprint density at radius 3 is 2.00 bits per heavy atom. The minimum absolute atomic E-state index is 0.359. The van der Waals surface area contributed by atoms with Gasteiger partial charge >= 0.3 is 0 Å². The van der Waals surface area contributed by atoms with Gasteiger partial charge in [-0.15, -0.1) is 0 Å². The van der Waals surface area contributed by atoms with Crippen LogP contribution in [0.25, 0.3) is 0 Å². The first kappa shape index (κ1) is 15.8. The number of aryl methyl sites for hydroxylation is 1. The van der Waals surface area contributed by atoms with E-state index in [1.807, 2.05) is 7.05 Å². The van der Waals surface area contributed by atoms with Crippen LogP contribution >= 0.6 is 0 Å². The summed E-state index contributed by atoms with van der Waals surface area (Å²) in [6.07, 6.45) is 3.39. The van der Waals surface area contributed by atoms with E-state index in [4.69, 9.17) is 0 Å². The van der Waals surface area contributed by atoms with Crippen LogP contribution in [0.5, 0.6) is 0 Å². The van der Waals surface area contributed by atoms with Gasteiger partial charge in [0.2, 0.25) is 0 Å². The van der Waals surface area contributed by atoms with Crippen molar-refractivity contribution in [2.45, 2.75) is 33.1 Å². The van der Waals surface area contributed by atoms with Crippen LogP contribution in [0.2, 0.25) is 0 Å². The highest BCUT2D eigenvalue weighted by atomic mass is 14.8. The summed E-state index contributed by atoms with van der Waals surface area (Å²) in [4.78, 5) is 0. The van der Waals surface area contributed by atoms with Crippen molar-refractivity contribution in [3.05, 3.63) is 71.3 Å². The number of rotatable bonds is 7. The van der Waals surface area contributed by atoms with Gasteiger partial charge in [-0.2, -0.15) is 0 Å². The number of nitrogens with one attached hydrogen (secondary N) is 1. The molecule has 1 heteroatoms. The largest absolute Gasteiger partial charge is 0.319 e. The Morgan fingerprint density at radius 2 is 1.38 bits per heavy atom. The molecule has 0 radical (unpaired) electrons. The standard InChI is InChI=1S/C20H27N/c1-20(2,16-21-3)14-13-17-9-11-19(12-10-17)15-18-7-5-4-6-8-18/h4-12,21H,13-16H2,1-3H3. The molecule has 2 rings (SSSR count). The minimum atomic E-state index is 0.359. The lowest BCUT2D eigenvalue weighted by Gasteiger charge is -2.24. The molecule has 0 aromatic heterocycles. The Hall–Kier alpha value is -1.60. The van der Waals surface area contributed by atoms with Crippen LogP contribution in [0, 0.1) is 5.41 Å². The van der Waals surface area contributed by atoms with Crippen LogP contribution in [-0.2, 0) is 12.8 Å². The van der Waals surface area contributed by atoms with E-state index in [0.717, 1.165) is 19.4 Å². The lowest BCUT2D eigenvalue weighted by molar-refractivity contribution is 0.324. The van der Waals surface area contributed by atoms with Crippen LogP contribution in [0.4, 0.5) is 0 Å². The maximum absolute atomic E-state index is 3.28. The fraction of sp³-hybridized carbons (Fsp3) is 0.400. The van der Waals surface area contributed by atoms with Gasteiger partial charge in [0.1, 0.15) is 0 Å². The van der Waals surface area contributed by atoms with Gasteiger partial charge in [0.25, 0.3) is 0 Å². The highest BCUT2D eigenvalue weighted by Gasteiger charge is 2.16. The van der Waals surface area contributed by atoms with Gasteiger partial charge in [-0.05, 0) is 55.0 Å². The average Bonchev–Trinajstić information content (AvgIpc) is 2.48. The van der Waals surface area contributed by atoms with Crippen LogP contribution in [-0.4, -0.2) is 13.6 Å².